The zero-order valence-electron chi connectivity index (χ0n) is 10.3. The number of anilines is 1. The Morgan fingerprint density at radius 1 is 1.12 bits per heavy atom. The van der Waals surface area contributed by atoms with Crippen LogP contribution < -0.4 is 5.32 Å². The van der Waals surface area contributed by atoms with Gasteiger partial charge in [0, 0.05) is 18.8 Å². The van der Waals surface area contributed by atoms with Crippen molar-refractivity contribution < 1.29 is 0 Å². The second-order valence-electron chi connectivity index (χ2n) is 4.10. The molecule has 17 heavy (non-hydrogen) atoms. The molecule has 0 amide bonds. The summed E-state index contributed by atoms with van der Waals surface area (Å²) in [5.41, 5.74) is 2.89. The van der Waals surface area contributed by atoms with Gasteiger partial charge in [0.15, 0.2) is 0 Å². The van der Waals surface area contributed by atoms with Gasteiger partial charge in [0.2, 0.25) is 0 Å². The van der Waals surface area contributed by atoms with E-state index in [1.165, 1.54) is 0 Å². The van der Waals surface area contributed by atoms with E-state index in [2.05, 4.69) is 34.1 Å². The summed E-state index contributed by atoms with van der Waals surface area (Å²) < 4.78 is 0. The second-order valence-corrected chi connectivity index (χ2v) is 4.10. The van der Waals surface area contributed by atoms with E-state index in [1.807, 2.05) is 25.2 Å². The number of nitrogens with one attached hydrogen (secondary N) is 1. The van der Waals surface area contributed by atoms with E-state index in [0.717, 1.165) is 22.8 Å². The SMILES string of the molecule is CNc1ncnc(-c2ccccn2)c1C(C)C. The first-order valence-corrected chi connectivity index (χ1v) is 5.68. The minimum absolute atomic E-state index is 0.343. The van der Waals surface area contributed by atoms with Crippen LogP contribution in [0.4, 0.5) is 5.82 Å². The van der Waals surface area contributed by atoms with Crippen molar-refractivity contribution in [2.24, 2.45) is 0 Å². The highest BCUT2D eigenvalue weighted by Gasteiger charge is 2.15. The van der Waals surface area contributed by atoms with Crippen molar-refractivity contribution in [2.75, 3.05) is 12.4 Å². The predicted molar refractivity (Wildman–Crippen MR) is 68.9 cm³/mol. The van der Waals surface area contributed by atoms with Crippen LogP contribution in [0.5, 0.6) is 0 Å². The lowest BCUT2D eigenvalue weighted by atomic mass is 10.00. The standard InChI is InChI=1S/C13H16N4/c1-9(2)11-12(10-6-4-5-7-15-10)16-8-17-13(11)14-3/h4-9H,1-3H3,(H,14,16,17). The number of pyridine rings is 1. The fourth-order valence-corrected chi connectivity index (χ4v) is 1.85. The monoisotopic (exact) mass is 228 g/mol. The van der Waals surface area contributed by atoms with Crippen molar-refractivity contribution in [3.8, 4) is 11.4 Å². The number of rotatable bonds is 3. The Bertz CT molecular complexity index is 494. The molecular weight excluding hydrogens is 212 g/mol. The lowest BCUT2D eigenvalue weighted by Crippen LogP contribution is -2.05. The number of aromatic nitrogens is 3. The van der Waals surface area contributed by atoms with Gasteiger partial charge in [0.25, 0.3) is 0 Å². The van der Waals surface area contributed by atoms with Gasteiger partial charge >= 0.3 is 0 Å². The van der Waals surface area contributed by atoms with Crippen LogP contribution >= 0.6 is 0 Å². The van der Waals surface area contributed by atoms with Crippen molar-refractivity contribution in [2.45, 2.75) is 19.8 Å². The molecule has 2 aromatic heterocycles. The second kappa shape index (κ2) is 4.91. The Hall–Kier alpha value is -1.97. The van der Waals surface area contributed by atoms with E-state index in [9.17, 15) is 0 Å². The van der Waals surface area contributed by atoms with Crippen LogP contribution in [-0.2, 0) is 0 Å². The summed E-state index contributed by atoms with van der Waals surface area (Å²) in [7, 11) is 1.87. The Morgan fingerprint density at radius 2 is 1.94 bits per heavy atom. The predicted octanol–water partition coefficient (Wildman–Crippen LogP) is 2.70. The summed E-state index contributed by atoms with van der Waals surface area (Å²) in [5, 5.41) is 3.11. The third-order valence-electron chi connectivity index (χ3n) is 2.61. The van der Waals surface area contributed by atoms with Crippen molar-refractivity contribution in [3.63, 3.8) is 0 Å². The van der Waals surface area contributed by atoms with Crippen LogP contribution in [0, 0.1) is 0 Å². The molecule has 1 N–H and O–H groups in total. The minimum atomic E-state index is 0.343. The molecule has 88 valence electrons. The molecule has 0 bridgehead atoms. The van der Waals surface area contributed by atoms with E-state index in [-0.39, 0.29) is 0 Å². The van der Waals surface area contributed by atoms with Gasteiger partial charge in [-0.3, -0.25) is 4.98 Å². The molecule has 0 aliphatic rings. The van der Waals surface area contributed by atoms with Crippen molar-refractivity contribution >= 4 is 5.82 Å². The molecule has 0 aliphatic heterocycles. The molecule has 4 nitrogen and oxygen atoms in total. The summed E-state index contributed by atoms with van der Waals surface area (Å²) in [6.07, 6.45) is 3.35. The van der Waals surface area contributed by atoms with Crippen molar-refractivity contribution in [1.82, 2.24) is 15.0 Å². The fourth-order valence-electron chi connectivity index (χ4n) is 1.85. The highest BCUT2D eigenvalue weighted by Crippen LogP contribution is 2.30. The third kappa shape index (κ3) is 2.25. The smallest absolute Gasteiger partial charge is 0.133 e. The fraction of sp³-hybridized carbons (Fsp3) is 0.308. The van der Waals surface area contributed by atoms with Gasteiger partial charge in [-0.2, -0.15) is 0 Å². The molecule has 0 aliphatic carbocycles. The van der Waals surface area contributed by atoms with E-state index in [0.29, 0.717) is 5.92 Å². The van der Waals surface area contributed by atoms with Crippen LogP contribution in [0.3, 0.4) is 0 Å². The summed E-state index contributed by atoms with van der Waals surface area (Å²) >= 11 is 0. The average molecular weight is 228 g/mol. The quantitative estimate of drug-likeness (QED) is 0.877. The normalized spacial score (nSPS) is 10.6. The van der Waals surface area contributed by atoms with Crippen LogP contribution in [0.25, 0.3) is 11.4 Å². The first kappa shape index (κ1) is 11.5. The number of hydrogen-bond donors (Lipinski definition) is 1. The highest BCUT2D eigenvalue weighted by atomic mass is 15.0. The first-order chi connectivity index (χ1) is 8.24. The number of nitrogens with zero attached hydrogens (tertiary/aromatic N) is 3. The molecule has 0 unspecified atom stereocenters. The van der Waals surface area contributed by atoms with Gasteiger partial charge in [-0.25, -0.2) is 9.97 Å². The Kier molecular flexibility index (Phi) is 3.32. The molecule has 2 aromatic rings. The van der Waals surface area contributed by atoms with Gasteiger partial charge in [-0.05, 0) is 18.1 Å². The maximum absolute atomic E-state index is 4.37. The van der Waals surface area contributed by atoms with Gasteiger partial charge in [-0.1, -0.05) is 19.9 Å². The summed E-state index contributed by atoms with van der Waals surface area (Å²) in [4.78, 5) is 13.0. The number of hydrogen-bond acceptors (Lipinski definition) is 4. The highest BCUT2D eigenvalue weighted by molar-refractivity contribution is 5.66. The molecule has 0 saturated heterocycles. The lowest BCUT2D eigenvalue weighted by molar-refractivity contribution is 0.850. The summed E-state index contributed by atoms with van der Waals surface area (Å²) in [6, 6.07) is 5.83. The Labute approximate surface area is 101 Å². The Balaban J connectivity index is 2.62. The minimum Gasteiger partial charge on any atom is -0.373 e. The molecule has 0 saturated carbocycles. The first-order valence-electron chi connectivity index (χ1n) is 5.68. The van der Waals surface area contributed by atoms with Gasteiger partial charge < -0.3 is 5.32 Å². The van der Waals surface area contributed by atoms with Gasteiger partial charge in [0.1, 0.15) is 12.1 Å². The molecule has 0 radical (unpaired) electrons. The van der Waals surface area contributed by atoms with Gasteiger partial charge in [0.05, 0.1) is 11.4 Å². The van der Waals surface area contributed by atoms with Crippen LogP contribution in [0.15, 0.2) is 30.7 Å². The molecule has 0 fully saturated rings. The van der Waals surface area contributed by atoms with E-state index < -0.39 is 0 Å². The summed E-state index contributed by atoms with van der Waals surface area (Å²) in [6.45, 7) is 4.26. The van der Waals surface area contributed by atoms with Crippen LogP contribution in [0.1, 0.15) is 25.3 Å². The topological polar surface area (TPSA) is 50.7 Å². The van der Waals surface area contributed by atoms with E-state index in [1.54, 1.807) is 12.5 Å². The molecule has 0 atom stereocenters. The van der Waals surface area contributed by atoms with Crippen LogP contribution in [-0.4, -0.2) is 22.0 Å². The molecule has 4 heteroatoms. The van der Waals surface area contributed by atoms with E-state index in [4.69, 9.17) is 0 Å². The maximum Gasteiger partial charge on any atom is 0.133 e. The molecule has 2 rings (SSSR count). The largest absolute Gasteiger partial charge is 0.373 e. The third-order valence-corrected chi connectivity index (χ3v) is 2.61. The molecule has 2 heterocycles. The van der Waals surface area contributed by atoms with E-state index >= 15 is 0 Å². The zero-order valence-corrected chi connectivity index (χ0v) is 10.3. The maximum atomic E-state index is 4.37. The molecule has 0 aromatic carbocycles. The average Bonchev–Trinajstić information content (AvgIpc) is 2.38. The summed E-state index contributed by atoms with van der Waals surface area (Å²) in [5.74, 6) is 1.21. The van der Waals surface area contributed by atoms with Crippen molar-refractivity contribution in [3.05, 3.63) is 36.3 Å². The van der Waals surface area contributed by atoms with Gasteiger partial charge in [-0.15, -0.1) is 0 Å². The Morgan fingerprint density at radius 3 is 2.53 bits per heavy atom. The lowest BCUT2D eigenvalue weighted by Gasteiger charge is -2.14. The zero-order chi connectivity index (χ0) is 12.3. The molecular formula is C13H16N4. The van der Waals surface area contributed by atoms with Crippen molar-refractivity contribution in [1.29, 1.82) is 0 Å². The molecule has 0 spiro atoms. The van der Waals surface area contributed by atoms with Crippen LogP contribution in [0.2, 0.25) is 0 Å².